The summed E-state index contributed by atoms with van der Waals surface area (Å²) >= 11 is 3.21. The molecule has 0 bridgehead atoms. The van der Waals surface area contributed by atoms with Gasteiger partial charge in [-0.2, -0.15) is 0 Å². The van der Waals surface area contributed by atoms with Crippen molar-refractivity contribution < 1.29 is 14.3 Å². The molecule has 2 aromatic rings. The quantitative estimate of drug-likeness (QED) is 0.831. The van der Waals surface area contributed by atoms with Crippen LogP contribution in [0.25, 0.3) is 9.40 Å². The third-order valence-corrected chi connectivity index (χ3v) is 6.53. The van der Waals surface area contributed by atoms with Gasteiger partial charge < -0.3 is 19.9 Å². The molecular weight excluding hydrogens is 382 g/mol. The van der Waals surface area contributed by atoms with E-state index in [-0.39, 0.29) is 30.3 Å². The minimum Gasteiger partial charge on any atom is -0.378 e. The molecule has 1 atom stereocenters. The standard InChI is InChI=1S/C16H19N3O3S2.ClH/c20-15(11-10-22-7-2-17-11)18-3-5-19(6-4-18)16(21)14-9-13-12(24-14)1-8-23-13;/h1,8-9,11,17H,2-7,10H2;1H. The van der Waals surface area contributed by atoms with Gasteiger partial charge >= 0.3 is 0 Å². The summed E-state index contributed by atoms with van der Waals surface area (Å²) in [7, 11) is 0. The molecule has 0 saturated carbocycles. The van der Waals surface area contributed by atoms with Crippen LogP contribution in [0, 0.1) is 0 Å². The summed E-state index contributed by atoms with van der Waals surface area (Å²) in [6, 6.07) is 3.79. The first-order chi connectivity index (χ1) is 11.7. The van der Waals surface area contributed by atoms with Crippen molar-refractivity contribution in [2.24, 2.45) is 0 Å². The number of hydrogen-bond donors (Lipinski definition) is 1. The van der Waals surface area contributed by atoms with E-state index in [1.807, 2.05) is 21.2 Å². The Balaban J connectivity index is 0.00000182. The zero-order chi connectivity index (χ0) is 16.5. The van der Waals surface area contributed by atoms with Gasteiger partial charge in [-0.1, -0.05) is 0 Å². The van der Waals surface area contributed by atoms with Gasteiger partial charge in [-0.15, -0.1) is 35.1 Å². The maximum Gasteiger partial charge on any atom is 0.264 e. The molecule has 2 aliphatic rings. The predicted octanol–water partition coefficient (Wildman–Crippen LogP) is 1.66. The number of rotatable bonds is 2. The molecule has 6 nitrogen and oxygen atoms in total. The highest BCUT2D eigenvalue weighted by molar-refractivity contribution is 7.27. The Labute approximate surface area is 160 Å². The number of ether oxygens (including phenoxy) is 1. The molecule has 9 heteroatoms. The lowest BCUT2D eigenvalue weighted by Crippen LogP contribution is -2.57. The molecule has 4 heterocycles. The fourth-order valence-electron chi connectivity index (χ4n) is 3.10. The molecule has 25 heavy (non-hydrogen) atoms. The summed E-state index contributed by atoms with van der Waals surface area (Å²) in [6.07, 6.45) is 0. The van der Waals surface area contributed by atoms with Crippen LogP contribution in [0.4, 0.5) is 0 Å². The number of hydrogen-bond acceptors (Lipinski definition) is 6. The van der Waals surface area contributed by atoms with Crippen molar-refractivity contribution in [3.8, 4) is 0 Å². The van der Waals surface area contributed by atoms with Crippen LogP contribution in [0.1, 0.15) is 9.67 Å². The first kappa shape index (κ1) is 18.6. The molecule has 2 amide bonds. The molecule has 2 saturated heterocycles. The highest BCUT2D eigenvalue weighted by Crippen LogP contribution is 2.30. The Hall–Kier alpha value is -1.19. The number of carbonyl (C=O) groups is 2. The molecule has 2 aromatic heterocycles. The molecule has 4 rings (SSSR count). The van der Waals surface area contributed by atoms with Gasteiger partial charge in [-0.05, 0) is 17.5 Å². The lowest BCUT2D eigenvalue weighted by Gasteiger charge is -2.37. The van der Waals surface area contributed by atoms with Crippen LogP contribution in [0.5, 0.6) is 0 Å². The average molecular weight is 402 g/mol. The summed E-state index contributed by atoms with van der Waals surface area (Å²) in [6.45, 7) is 4.15. The summed E-state index contributed by atoms with van der Waals surface area (Å²) in [5.41, 5.74) is 0. The largest absolute Gasteiger partial charge is 0.378 e. The fraction of sp³-hybridized carbons (Fsp3) is 0.500. The van der Waals surface area contributed by atoms with E-state index in [0.29, 0.717) is 45.9 Å². The zero-order valence-electron chi connectivity index (χ0n) is 13.6. The molecular formula is C16H20ClN3O3S2. The molecule has 0 aliphatic carbocycles. The van der Waals surface area contributed by atoms with Crippen molar-refractivity contribution in [3.05, 3.63) is 22.4 Å². The second-order valence-electron chi connectivity index (χ2n) is 5.96. The Kier molecular flexibility index (Phi) is 5.96. The van der Waals surface area contributed by atoms with Crippen LogP contribution in [0.2, 0.25) is 0 Å². The molecule has 0 aromatic carbocycles. The SMILES string of the molecule is Cl.O=C(c1cc2sccc2s1)N1CCN(C(=O)C2COCCN2)CC1. The number of halogens is 1. The number of nitrogens with one attached hydrogen (secondary N) is 1. The van der Waals surface area contributed by atoms with Gasteiger partial charge in [0, 0.05) is 42.1 Å². The lowest BCUT2D eigenvalue weighted by atomic mass is 10.2. The van der Waals surface area contributed by atoms with E-state index >= 15 is 0 Å². The van der Waals surface area contributed by atoms with Gasteiger partial charge in [-0.3, -0.25) is 9.59 Å². The van der Waals surface area contributed by atoms with Gasteiger partial charge in [0.1, 0.15) is 6.04 Å². The maximum atomic E-state index is 12.7. The minimum absolute atomic E-state index is 0. The molecule has 0 radical (unpaired) electrons. The smallest absolute Gasteiger partial charge is 0.264 e. The molecule has 1 unspecified atom stereocenters. The van der Waals surface area contributed by atoms with Gasteiger partial charge in [0.25, 0.3) is 5.91 Å². The minimum atomic E-state index is -0.245. The lowest BCUT2D eigenvalue weighted by molar-refractivity contribution is -0.137. The summed E-state index contributed by atoms with van der Waals surface area (Å²) in [5.74, 6) is 0.160. The highest BCUT2D eigenvalue weighted by Gasteiger charge is 2.30. The molecule has 0 spiro atoms. The average Bonchev–Trinajstić information content (AvgIpc) is 3.23. The number of nitrogens with zero attached hydrogens (tertiary/aromatic N) is 2. The Morgan fingerprint density at radius 2 is 1.92 bits per heavy atom. The van der Waals surface area contributed by atoms with Crippen molar-refractivity contribution in [1.82, 2.24) is 15.1 Å². The van der Waals surface area contributed by atoms with E-state index in [2.05, 4.69) is 11.4 Å². The Morgan fingerprint density at radius 1 is 1.16 bits per heavy atom. The summed E-state index contributed by atoms with van der Waals surface area (Å²) in [5, 5.41) is 5.24. The molecule has 136 valence electrons. The molecule has 2 aliphatic heterocycles. The van der Waals surface area contributed by atoms with Crippen molar-refractivity contribution >= 4 is 56.3 Å². The second-order valence-corrected chi connectivity index (χ2v) is 7.99. The summed E-state index contributed by atoms with van der Waals surface area (Å²) in [4.78, 5) is 29.6. The third kappa shape index (κ3) is 3.83. The maximum absolute atomic E-state index is 12.7. The number of fused-ring (bicyclic) bond motifs is 1. The first-order valence-electron chi connectivity index (χ1n) is 8.08. The van der Waals surface area contributed by atoms with E-state index < -0.39 is 0 Å². The van der Waals surface area contributed by atoms with E-state index in [9.17, 15) is 9.59 Å². The van der Waals surface area contributed by atoms with Gasteiger partial charge in [0.05, 0.1) is 18.1 Å². The monoisotopic (exact) mass is 401 g/mol. The number of morpholine rings is 1. The van der Waals surface area contributed by atoms with Crippen molar-refractivity contribution in [2.45, 2.75) is 6.04 Å². The van der Waals surface area contributed by atoms with Gasteiger partial charge in [0.2, 0.25) is 5.91 Å². The van der Waals surface area contributed by atoms with Gasteiger partial charge in [0.15, 0.2) is 0 Å². The van der Waals surface area contributed by atoms with E-state index in [0.717, 1.165) is 4.88 Å². The third-order valence-electron chi connectivity index (χ3n) is 4.45. The van der Waals surface area contributed by atoms with Crippen molar-refractivity contribution in [2.75, 3.05) is 45.9 Å². The van der Waals surface area contributed by atoms with Crippen LogP contribution in [0.3, 0.4) is 0 Å². The van der Waals surface area contributed by atoms with Crippen LogP contribution in [-0.2, 0) is 9.53 Å². The Morgan fingerprint density at radius 3 is 2.60 bits per heavy atom. The highest BCUT2D eigenvalue weighted by atomic mass is 35.5. The first-order valence-corrected chi connectivity index (χ1v) is 9.78. The Bertz CT molecular complexity index is 720. The van der Waals surface area contributed by atoms with Crippen molar-refractivity contribution in [3.63, 3.8) is 0 Å². The number of thiophene rings is 2. The van der Waals surface area contributed by atoms with E-state index in [1.54, 1.807) is 22.7 Å². The molecule has 2 fully saturated rings. The van der Waals surface area contributed by atoms with Crippen LogP contribution < -0.4 is 5.32 Å². The van der Waals surface area contributed by atoms with Gasteiger partial charge in [-0.25, -0.2) is 0 Å². The molecule has 1 N–H and O–H groups in total. The van der Waals surface area contributed by atoms with Crippen LogP contribution in [0.15, 0.2) is 17.5 Å². The predicted molar refractivity (Wildman–Crippen MR) is 102 cm³/mol. The number of amides is 2. The van der Waals surface area contributed by atoms with Crippen molar-refractivity contribution in [1.29, 1.82) is 0 Å². The summed E-state index contributed by atoms with van der Waals surface area (Å²) < 4.78 is 7.69. The van der Waals surface area contributed by atoms with E-state index in [4.69, 9.17) is 4.74 Å². The van der Waals surface area contributed by atoms with E-state index in [1.165, 1.54) is 9.40 Å². The van der Waals surface area contributed by atoms with Crippen LogP contribution in [-0.4, -0.2) is 73.6 Å². The zero-order valence-corrected chi connectivity index (χ0v) is 16.1. The topological polar surface area (TPSA) is 61.9 Å². The second kappa shape index (κ2) is 8.01. The number of carbonyl (C=O) groups excluding carboxylic acids is 2. The fourth-order valence-corrected chi connectivity index (χ4v) is 5.18. The number of piperazine rings is 1. The normalized spacial score (nSPS) is 21.2. The van der Waals surface area contributed by atoms with Crippen LogP contribution >= 0.6 is 35.1 Å².